The Labute approximate surface area is 163 Å². The Morgan fingerprint density at radius 2 is 2.21 bits per heavy atom. The van der Waals surface area contributed by atoms with Gasteiger partial charge in [0.15, 0.2) is 11.5 Å². The highest BCUT2D eigenvalue weighted by molar-refractivity contribution is 5.88. The van der Waals surface area contributed by atoms with Crippen LogP contribution in [-0.2, 0) is 22.7 Å². The third-order valence-electron chi connectivity index (χ3n) is 4.69. The van der Waals surface area contributed by atoms with Gasteiger partial charge in [-0.2, -0.15) is 0 Å². The highest BCUT2D eigenvalue weighted by Crippen LogP contribution is 2.32. The largest absolute Gasteiger partial charge is 0.493 e. The van der Waals surface area contributed by atoms with E-state index in [1.807, 2.05) is 23.1 Å². The summed E-state index contributed by atoms with van der Waals surface area (Å²) in [4.78, 5) is 33.8. The molecule has 9 heteroatoms. The van der Waals surface area contributed by atoms with Gasteiger partial charge >= 0.3 is 0 Å². The number of piperazine rings is 1. The van der Waals surface area contributed by atoms with Crippen LogP contribution in [0.15, 0.2) is 30.6 Å². The maximum atomic E-state index is 12.4. The van der Waals surface area contributed by atoms with Crippen molar-refractivity contribution in [2.75, 3.05) is 27.3 Å². The lowest BCUT2D eigenvalue weighted by molar-refractivity contribution is -0.134. The lowest BCUT2D eigenvalue weighted by Crippen LogP contribution is -2.56. The Bertz CT molecular complexity index is 809. The standard InChI is InChI=1S/C19H25N5O4/c1-27-15-5-3-4-13(18(15)28-2)12-24-9-8-22-19(26)14(24)10-17(25)23-11-16-20-6-7-21-16/h3-7,14H,8-12H2,1-2H3,(H,20,21)(H,22,26)(H,23,25)/t14-/m0/s1. The van der Waals surface area contributed by atoms with Crippen LogP contribution in [-0.4, -0.2) is 60.0 Å². The quantitative estimate of drug-likeness (QED) is 0.606. The Morgan fingerprint density at radius 3 is 2.93 bits per heavy atom. The number of ether oxygens (including phenoxy) is 2. The van der Waals surface area contributed by atoms with Gasteiger partial charge in [-0.25, -0.2) is 4.98 Å². The number of carbonyl (C=O) groups is 2. The number of nitrogens with one attached hydrogen (secondary N) is 3. The van der Waals surface area contributed by atoms with Crippen molar-refractivity contribution in [3.05, 3.63) is 42.0 Å². The summed E-state index contributed by atoms with van der Waals surface area (Å²) in [6, 6.07) is 5.08. The number of aromatic nitrogens is 2. The number of H-pyrrole nitrogens is 1. The van der Waals surface area contributed by atoms with Crippen molar-refractivity contribution in [3.8, 4) is 11.5 Å². The fourth-order valence-corrected chi connectivity index (χ4v) is 3.29. The van der Waals surface area contributed by atoms with E-state index in [9.17, 15) is 9.59 Å². The van der Waals surface area contributed by atoms with Gasteiger partial charge in [-0.3, -0.25) is 14.5 Å². The van der Waals surface area contributed by atoms with E-state index in [0.717, 1.165) is 5.56 Å². The normalized spacial score (nSPS) is 17.1. The van der Waals surface area contributed by atoms with Crippen LogP contribution in [0.4, 0.5) is 0 Å². The Kier molecular flexibility index (Phi) is 6.49. The Morgan fingerprint density at radius 1 is 1.36 bits per heavy atom. The van der Waals surface area contributed by atoms with Crippen LogP contribution in [0.3, 0.4) is 0 Å². The summed E-state index contributed by atoms with van der Waals surface area (Å²) >= 11 is 0. The minimum Gasteiger partial charge on any atom is -0.493 e. The number of benzene rings is 1. The molecule has 0 unspecified atom stereocenters. The summed E-state index contributed by atoms with van der Waals surface area (Å²) in [6.45, 7) is 1.95. The molecule has 3 rings (SSSR count). The van der Waals surface area contributed by atoms with Gasteiger partial charge in [-0.1, -0.05) is 12.1 Å². The number of imidazole rings is 1. The number of methoxy groups -OCH3 is 2. The molecule has 2 amide bonds. The molecule has 150 valence electrons. The number of para-hydroxylation sites is 1. The fraction of sp³-hybridized carbons (Fsp3) is 0.421. The summed E-state index contributed by atoms with van der Waals surface area (Å²) in [6.07, 6.45) is 3.39. The minimum absolute atomic E-state index is 0.0683. The monoisotopic (exact) mass is 387 g/mol. The van der Waals surface area contributed by atoms with E-state index in [1.54, 1.807) is 26.6 Å². The molecule has 2 aromatic rings. The maximum absolute atomic E-state index is 12.4. The molecule has 1 atom stereocenters. The molecule has 1 saturated heterocycles. The lowest BCUT2D eigenvalue weighted by Gasteiger charge is -2.35. The molecule has 0 bridgehead atoms. The molecule has 0 spiro atoms. The number of amides is 2. The average molecular weight is 387 g/mol. The topological polar surface area (TPSA) is 109 Å². The second-order valence-electron chi connectivity index (χ2n) is 6.45. The van der Waals surface area contributed by atoms with Gasteiger partial charge in [0.25, 0.3) is 0 Å². The number of rotatable bonds is 8. The predicted octanol–water partition coefficient (Wildman–Crippen LogP) is 0.434. The third kappa shape index (κ3) is 4.61. The van der Waals surface area contributed by atoms with E-state index in [0.29, 0.717) is 43.5 Å². The van der Waals surface area contributed by atoms with E-state index in [1.165, 1.54) is 0 Å². The molecule has 2 heterocycles. The van der Waals surface area contributed by atoms with Gasteiger partial charge in [0.2, 0.25) is 11.8 Å². The first-order valence-electron chi connectivity index (χ1n) is 9.09. The van der Waals surface area contributed by atoms with Gasteiger partial charge in [0.05, 0.1) is 33.2 Å². The molecule has 1 aromatic carbocycles. The van der Waals surface area contributed by atoms with Gasteiger partial charge in [-0.15, -0.1) is 0 Å². The summed E-state index contributed by atoms with van der Waals surface area (Å²) in [7, 11) is 3.17. The zero-order valence-corrected chi connectivity index (χ0v) is 16.0. The summed E-state index contributed by atoms with van der Waals surface area (Å²) < 4.78 is 10.8. The highest BCUT2D eigenvalue weighted by atomic mass is 16.5. The molecule has 1 aromatic heterocycles. The molecule has 3 N–H and O–H groups in total. The second kappa shape index (κ2) is 9.23. The summed E-state index contributed by atoms with van der Waals surface area (Å²) in [5, 5.41) is 5.63. The molecule has 1 fully saturated rings. The minimum atomic E-state index is -0.554. The van der Waals surface area contributed by atoms with Crippen molar-refractivity contribution in [2.24, 2.45) is 0 Å². The highest BCUT2D eigenvalue weighted by Gasteiger charge is 2.32. The molecule has 0 radical (unpaired) electrons. The SMILES string of the molecule is COc1cccc(CN2CCNC(=O)[C@@H]2CC(=O)NCc2ncc[nH]2)c1OC. The second-order valence-corrected chi connectivity index (χ2v) is 6.45. The van der Waals surface area contributed by atoms with Gasteiger partial charge < -0.3 is 25.1 Å². The average Bonchev–Trinajstić information content (AvgIpc) is 3.22. The molecule has 1 aliphatic rings. The van der Waals surface area contributed by atoms with Gasteiger partial charge in [-0.05, 0) is 6.07 Å². The third-order valence-corrected chi connectivity index (χ3v) is 4.69. The Hall–Kier alpha value is -3.07. The molecule has 28 heavy (non-hydrogen) atoms. The molecule has 9 nitrogen and oxygen atoms in total. The number of aromatic amines is 1. The first kappa shape index (κ1) is 19.7. The van der Waals surface area contributed by atoms with E-state index >= 15 is 0 Å². The zero-order chi connectivity index (χ0) is 19.9. The number of carbonyl (C=O) groups excluding carboxylic acids is 2. The van der Waals surface area contributed by atoms with Crippen molar-refractivity contribution in [1.29, 1.82) is 0 Å². The van der Waals surface area contributed by atoms with Gasteiger partial charge in [0.1, 0.15) is 5.82 Å². The van der Waals surface area contributed by atoms with Crippen molar-refractivity contribution in [3.63, 3.8) is 0 Å². The van der Waals surface area contributed by atoms with Crippen LogP contribution >= 0.6 is 0 Å². The van der Waals surface area contributed by atoms with Gasteiger partial charge in [0, 0.05) is 37.6 Å². The number of hydrogen-bond donors (Lipinski definition) is 3. The smallest absolute Gasteiger partial charge is 0.237 e. The lowest BCUT2D eigenvalue weighted by atomic mass is 10.1. The van der Waals surface area contributed by atoms with Crippen LogP contribution < -0.4 is 20.1 Å². The molecular formula is C19H25N5O4. The van der Waals surface area contributed by atoms with Crippen LogP contribution in [0, 0.1) is 0 Å². The van der Waals surface area contributed by atoms with Crippen molar-refractivity contribution >= 4 is 11.8 Å². The Balaban J connectivity index is 1.68. The maximum Gasteiger partial charge on any atom is 0.237 e. The first-order chi connectivity index (χ1) is 13.6. The molecular weight excluding hydrogens is 362 g/mol. The van der Waals surface area contributed by atoms with Crippen LogP contribution in [0.1, 0.15) is 17.8 Å². The number of hydrogen-bond acceptors (Lipinski definition) is 6. The van der Waals surface area contributed by atoms with E-state index in [2.05, 4.69) is 20.6 Å². The first-order valence-corrected chi connectivity index (χ1v) is 9.09. The molecule has 0 aliphatic carbocycles. The zero-order valence-electron chi connectivity index (χ0n) is 16.0. The van der Waals surface area contributed by atoms with E-state index < -0.39 is 6.04 Å². The predicted molar refractivity (Wildman–Crippen MR) is 102 cm³/mol. The van der Waals surface area contributed by atoms with Crippen LogP contribution in [0.25, 0.3) is 0 Å². The van der Waals surface area contributed by atoms with Crippen molar-refractivity contribution < 1.29 is 19.1 Å². The van der Waals surface area contributed by atoms with Crippen LogP contribution in [0.2, 0.25) is 0 Å². The van der Waals surface area contributed by atoms with E-state index in [4.69, 9.17) is 9.47 Å². The van der Waals surface area contributed by atoms with Crippen molar-refractivity contribution in [1.82, 2.24) is 25.5 Å². The van der Waals surface area contributed by atoms with Crippen molar-refractivity contribution in [2.45, 2.75) is 25.6 Å². The van der Waals surface area contributed by atoms with Crippen LogP contribution in [0.5, 0.6) is 11.5 Å². The number of nitrogens with zero attached hydrogens (tertiary/aromatic N) is 2. The molecule has 1 aliphatic heterocycles. The van der Waals surface area contributed by atoms with E-state index in [-0.39, 0.29) is 18.2 Å². The summed E-state index contributed by atoms with van der Waals surface area (Å²) in [5.74, 6) is 1.58. The molecule has 0 saturated carbocycles. The fourth-order valence-electron chi connectivity index (χ4n) is 3.29. The summed E-state index contributed by atoms with van der Waals surface area (Å²) in [5.41, 5.74) is 0.901.